The first kappa shape index (κ1) is 13.4. The molecule has 1 aromatic heterocycles. The van der Waals surface area contributed by atoms with Gasteiger partial charge in [-0.1, -0.05) is 54.6 Å². The summed E-state index contributed by atoms with van der Waals surface area (Å²) in [6, 6.07) is 19.8. The fourth-order valence-electron chi connectivity index (χ4n) is 2.33. The van der Waals surface area contributed by atoms with Gasteiger partial charge in [0, 0.05) is 5.56 Å². The minimum absolute atomic E-state index is 0.00175. The molecule has 0 atom stereocenters. The minimum Gasteiger partial charge on any atom is -0.469 e. The maximum Gasteiger partial charge on any atom is 0.196 e. The summed E-state index contributed by atoms with van der Waals surface area (Å²) in [5.41, 5.74) is 3.75. The smallest absolute Gasteiger partial charge is 0.196 e. The lowest BCUT2D eigenvalue weighted by atomic mass is 10.0. The average molecular weight is 276 g/mol. The molecule has 2 heteroatoms. The highest BCUT2D eigenvalue weighted by molar-refractivity contribution is 6.08. The average Bonchev–Trinajstić information content (AvgIpc) is 2.95. The Kier molecular flexibility index (Phi) is 3.69. The van der Waals surface area contributed by atoms with Crippen LogP contribution in [0, 0.1) is 6.92 Å². The molecule has 21 heavy (non-hydrogen) atoms. The number of benzene rings is 2. The highest BCUT2D eigenvalue weighted by atomic mass is 16.3. The Morgan fingerprint density at radius 1 is 0.905 bits per heavy atom. The van der Waals surface area contributed by atoms with Gasteiger partial charge < -0.3 is 4.42 Å². The van der Waals surface area contributed by atoms with E-state index in [9.17, 15) is 4.79 Å². The number of aryl methyl sites for hydroxylation is 1. The maximum absolute atomic E-state index is 12.3. The van der Waals surface area contributed by atoms with Crippen molar-refractivity contribution in [3.63, 3.8) is 0 Å². The maximum atomic E-state index is 12.3. The number of rotatable bonds is 4. The molecule has 0 saturated heterocycles. The van der Waals surface area contributed by atoms with Crippen molar-refractivity contribution in [2.45, 2.75) is 13.3 Å². The molecule has 0 unspecified atom stereocenters. The Bertz CT molecular complexity index is 737. The van der Waals surface area contributed by atoms with Crippen molar-refractivity contribution in [2.24, 2.45) is 0 Å². The van der Waals surface area contributed by atoms with E-state index < -0.39 is 0 Å². The Morgan fingerprint density at radius 3 is 2.19 bits per heavy atom. The summed E-state index contributed by atoms with van der Waals surface area (Å²) < 4.78 is 5.19. The summed E-state index contributed by atoms with van der Waals surface area (Å²) in [6.45, 7) is 1.83. The zero-order chi connectivity index (χ0) is 14.7. The van der Waals surface area contributed by atoms with Crippen LogP contribution >= 0.6 is 0 Å². The molecule has 0 amide bonds. The van der Waals surface area contributed by atoms with Crippen LogP contribution in [0.5, 0.6) is 0 Å². The van der Waals surface area contributed by atoms with Crippen LogP contribution < -0.4 is 0 Å². The third-order valence-corrected chi connectivity index (χ3v) is 3.46. The van der Waals surface area contributed by atoms with Gasteiger partial charge in [0.1, 0.15) is 12.0 Å². The number of carbonyl (C=O) groups is 1. The van der Waals surface area contributed by atoms with Crippen molar-refractivity contribution in [3.05, 3.63) is 94.9 Å². The number of hydrogen-bond donors (Lipinski definition) is 0. The molecule has 0 aliphatic rings. The van der Waals surface area contributed by atoms with E-state index in [1.165, 1.54) is 17.4 Å². The molecule has 2 nitrogen and oxygen atoms in total. The van der Waals surface area contributed by atoms with Crippen molar-refractivity contribution in [1.82, 2.24) is 0 Å². The molecule has 0 radical (unpaired) electrons. The van der Waals surface area contributed by atoms with Crippen LogP contribution in [0.15, 0.2) is 71.3 Å². The van der Waals surface area contributed by atoms with Crippen molar-refractivity contribution in [2.75, 3.05) is 0 Å². The van der Waals surface area contributed by atoms with E-state index >= 15 is 0 Å². The van der Waals surface area contributed by atoms with E-state index in [0.29, 0.717) is 11.1 Å². The first-order chi connectivity index (χ1) is 10.2. The molecule has 0 aliphatic heterocycles. The Morgan fingerprint density at radius 2 is 1.57 bits per heavy atom. The topological polar surface area (TPSA) is 30.2 Å². The zero-order valence-electron chi connectivity index (χ0n) is 11.9. The van der Waals surface area contributed by atoms with Crippen LogP contribution in [-0.4, -0.2) is 5.78 Å². The summed E-state index contributed by atoms with van der Waals surface area (Å²) in [5.74, 6) is 0.747. The molecule has 0 aliphatic carbocycles. The van der Waals surface area contributed by atoms with Gasteiger partial charge in [-0.15, -0.1) is 0 Å². The summed E-state index contributed by atoms with van der Waals surface area (Å²) in [7, 11) is 0. The van der Waals surface area contributed by atoms with Crippen molar-refractivity contribution < 1.29 is 9.21 Å². The summed E-state index contributed by atoms with van der Waals surface area (Å²) >= 11 is 0. The number of ketones is 1. The molecule has 0 fully saturated rings. The lowest BCUT2D eigenvalue weighted by Crippen LogP contribution is -1.99. The molecule has 0 bridgehead atoms. The van der Waals surface area contributed by atoms with Crippen LogP contribution in [0.1, 0.15) is 32.8 Å². The van der Waals surface area contributed by atoms with Gasteiger partial charge in [-0.3, -0.25) is 4.79 Å². The summed E-state index contributed by atoms with van der Waals surface area (Å²) in [4.78, 5) is 12.3. The fraction of sp³-hybridized carbons (Fsp3) is 0.105. The van der Waals surface area contributed by atoms with Crippen molar-refractivity contribution in [3.8, 4) is 0 Å². The molecular weight excluding hydrogens is 260 g/mol. The second kappa shape index (κ2) is 5.80. The number of furan rings is 1. The van der Waals surface area contributed by atoms with Crippen molar-refractivity contribution in [1.29, 1.82) is 0 Å². The van der Waals surface area contributed by atoms with Crippen LogP contribution in [0.4, 0.5) is 0 Å². The lowest BCUT2D eigenvalue weighted by molar-refractivity contribution is 0.103. The number of carbonyl (C=O) groups excluding carboxylic acids is 1. The molecule has 3 aromatic rings. The normalized spacial score (nSPS) is 10.5. The first-order valence-electron chi connectivity index (χ1n) is 6.95. The van der Waals surface area contributed by atoms with Crippen LogP contribution in [0.3, 0.4) is 0 Å². The summed E-state index contributed by atoms with van der Waals surface area (Å²) in [5, 5.41) is 0. The van der Waals surface area contributed by atoms with Crippen molar-refractivity contribution >= 4 is 5.78 Å². The first-order valence-corrected chi connectivity index (χ1v) is 6.95. The van der Waals surface area contributed by atoms with E-state index in [0.717, 1.165) is 12.2 Å². The van der Waals surface area contributed by atoms with E-state index in [1.807, 2.05) is 49.4 Å². The second-order valence-corrected chi connectivity index (χ2v) is 5.13. The standard InChI is InChI=1S/C19H16O2/c1-14-11-18(13-21-14)19(20)17-9-7-16(8-10-17)12-15-5-3-2-4-6-15/h2-11,13H,12H2,1H3. The monoisotopic (exact) mass is 276 g/mol. The Balaban J connectivity index is 1.76. The van der Waals surface area contributed by atoms with E-state index in [4.69, 9.17) is 4.42 Å². The van der Waals surface area contributed by atoms with Gasteiger partial charge >= 0.3 is 0 Å². The SMILES string of the molecule is Cc1cc(C(=O)c2ccc(Cc3ccccc3)cc2)co1. The Hall–Kier alpha value is -2.61. The third kappa shape index (κ3) is 3.11. The van der Waals surface area contributed by atoms with E-state index in [-0.39, 0.29) is 5.78 Å². The highest BCUT2D eigenvalue weighted by Gasteiger charge is 2.11. The molecule has 2 aromatic carbocycles. The van der Waals surface area contributed by atoms with Gasteiger partial charge in [0.25, 0.3) is 0 Å². The van der Waals surface area contributed by atoms with Gasteiger partial charge in [0.15, 0.2) is 5.78 Å². The highest BCUT2D eigenvalue weighted by Crippen LogP contribution is 2.15. The molecule has 104 valence electrons. The minimum atomic E-state index is -0.00175. The summed E-state index contributed by atoms with van der Waals surface area (Å²) in [6.07, 6.45) is 2.38. The van der Waals surface area contributed by atoms with Gasteiger partial charge in [0.05, 0.1) is 5.56 Å². The van der Waals surface area contributed by atoms with E-state index in [1.54, 1.807) is 6.07 Å². The fourth-order valence-corrected chi connectivity index (χ4v) is 2.33. The molecule has 0 spiro atoms. The molecule has 3 rings (SSSR count). The number of hydrogen-bond acceptors (Lipinski definition) is 2. The van der Waals surface area contributed by atoms with E-state index in [2.05, 4.69) is 12.1 Å². The largest absolute Gasteiger partial charge is 0.469 e. The quantitative estimate of drug-likeness (QED) is 0.661. The predicted molar refractivity (Wildman–Crippen MR) is 82.6 cm³/mol. The lowest BCUT2D eigenvalue weighted by Gasteiger charge is -2.03. The molecule has 0 N–H and O–H groups in total. The van der Waals surface area contributed by atoms with Crippen LogP contribution in [-0.2, 0) is 6.42 Å². The molecular formula is C19H16O2. The van der Waals surface area contributed by atoms with Gasteiger partial charge in [-0.25, -0.2) is 0 Å². The van der Waals surface area contributed by atoms with Crippen LogP contribution in [0.25, 0.3) is 0 Å². The Labute approximate surface area is 124 Å². The zero-order valence-corrected chi connectivity index (χ0v) is 11.9. The third-order valence-electron chi connectivity index (χ3n) is 3.46. The van der Waals surface area contributed by atoms with Gasteiger partial charge in [-0.05, 0) is 30.5 Å². The molecule has 0 saturated carbocycles. The second-order valence-electron chi connectivity index (χ2n) is 5.13. The van der Waals surface area contributed by atoms with Gasteiger partial charge in [0.2, 0.25) is 0 Å². The molecule has 1 heterocycles. The predicted octanol–water partition coefficient (Wildman–Crippen LogP) is 4.41. The van der Waals surface area contributed by atoms with Gasteiger partial charge in [-0.2, -0.15) is 0 Å². The van der Waals surface area contributed by atoms with Crippen LogP contribution in [0.2, 0.25) is 0 Å².